The Kier molecular flexibility index (Phi) is 3.89. The minimum absolute atomic E-state index is 0.0507. The van der Waals surface area contributed by atoms with E-state index >= 15 is 0 Å². The lowest BCUT2D eigenvalue weighted by molar-refractivity contribution is 0.0286. The molecule has 1 atom stereocenters. The fourth-order valence-electron chi connectivity index (χ4n) is 1.36. The molecular formula is C10H17N3O3. The molecular weight excluding hydrogens is 210 g/mol. The smallest absolute Gasteiger partial charge is 0.358 e. The van der Waals surface area contributed by atoms with Gasteiger partial charge in [-0.05, 0) is 13.3 Å². The molecule has 90 valence electrons. The number of hydrogen-bond acceptors (Lipinski definition) is 5. The summed E-state index contributed by atoms with van der Waals surface area (Å²) in [4.78, 5) is 11.6. The SMILES string of the molecule is CCc1nn(C)c(C(=O)OCC(C)O)c1N. The number of esters is 1. The molecule has 0 saturated carbocycles. The van der Waals surface area contributed by atoms with Gasteiger partial charge in [0.2, 0.25) is 0 Å². The Balaban J connectivity index is 2.86. The summed E-state index contributed by atoms with van der Waals surface area (Å²) in [6.45, 7) is 3.39. The van der Waals surface area contributed by atoms with Crippen molar-refractivity contribution in [3.63, 3.8) is 0 Å². The number of nitrogens with zero attached hydrogens (tertiary/aromatic N) is 2. The predicted octanol–water partition coefficient (Wildman–Crippen LogP) is 0.102. The van der Waals surface area contributed by atoms with Crippen molar-refractivity contribution in [2.45, 2.75) is 26.4 Å². The topological polar surface area (TPSA) is 90.4 Å². The summed E-state index contributed by atoms with van der Waals surface area (Å²) in [5.41, 5.74) is 7.03. The second-order valence-corrected chi connectivity index (χ2v) is 3.63. The molecule has 16 heavy (non-hydrogen) atoms. The summed E-state index contributed by atoms with van der Waals surface area (Å²) in [7, 11) is 1.63. The minimum atomic E-state index is -0.691. The molecule has 0 aliphatic heterocycles. The molecule has 0 saturated heterocycles. The van der Waals surface area contributed by atoms with Gasteiger partial charge in [0.15, 0.2) is 5.69 Å². The van der Waals surface area contributed by atoms with E-state index in [1.165, 1.54) is 11.6 Å². The molecule has 6 heteroatoms. The molecule has 0 bridgehead atoms. The first-order valence-corrected chi connectivity index (χ1v) is 5.13. The summed E-state index contributed by atoms with van der Waals surface area (Å²) in [5, 5.41) is 13.1. The fraction of sp³-hybridized carbons (Fsp3) is 0.600. The molecule has 1 rings (SSSR count). The van der Waals surface area contributed by atoms with E-state index in [2.05, 4.69) is 5.10 Å². The highest BCUT2D eigenvalue weighted by atomic mass is 16.5. The molecule has 3 N–H and O–H groups in total. The van der Waals surface area contributed by atoms with Gasteiger partial charge in [0.25, 0.3) is 0 Å². The van der Waals surface area contributed by atoms with E-state index in [0.29, 0.717) is 17.8 Å². The third kappa shape index (κ3) is 2.52. The Hall–Kier alpha value is -1.56. The number of carbonyl (C=O) groups is 1. The number of aromatic nitrogens is 2. The van der Waals surface area contributed by atoms with Gasteiger partial charge in [-0.2, -0.15) is 5.10 Å². The number of nitrogens with two attached hydrogens (primary N) is 1. The van der Waals surface area contributed by atoms with Crippen LogP contribution in [-0.2, 0) is 18.2 Å². The zero-order valence-corrected chi connectivity index (χ0v) is 9.73. The van der Waals surface area contributed by atoms with Gasteiger partial charge in [0.05, 0.1) is 17.5 Å². The summed E-state index contributed by atoms with van der Waals surface area (Å²) in [6.07, 6.45) is -0.0346. The summed E-state index contributed by atoms with van der Waals surface area (Å²) >= 11 is 0. The highest BCUT2D eigenvalue weighted by Gasteiger charge is 2.20. The van der Waals surface area contributed by atoms with Crippen LogP contribution >= 0.6 is 0 Å². The minimum Gasteiger partial charge on any atom is -0.458 e. The highest BCUT2D eigenvalue weighted by molar-refractivity contribution is 5.93. The first-order chi connectivity index (χ1) is 7.47. The van der Waals surface area contributed by atoms with Crippen LogP contribution in [0.2, 0.25) is 0 Å². The van der Waals surface area contributed by atoms with E-state index in [4.69, 9.17) is 15.6 Å². The molecule has 6 nitrogen and oxygen atoms in total. The summed E-state index contributed by atoms with van der Waals surface area (Å²) in [6, 6.07) is 0. The molecule has 0 amide bonds. The Labute approximate surface area is 94.0 Å². The zero-order chi connectivity index (χ0) is 12.3. The lowest BCUT2D eigenvalue weighted by atomic mass is 10.2. The highest BCUT2D eigenvalue weighted by Crippen LogP contribution is 2.17. The van der Waals surface area contributed by atoms with Crippen molar-refractivity contribution in [3.8, 4) is 0 Å². The van der Waals surface area contributed by atoms with Crippen molar-refractivity contribution in [2.75, 3.05) is 12.3 Å². The molecule has 0 aliphatic carbocycles. The van der Waals surface area contributed by atoms with Crippen molar-refractivity contribution in [1.82, 2.24) is 9.78 Å². The second kappa shape index (κ2) is 4.98. The van der Waals surface area contributed by atoms with Gasteiger partial charge in [-0.15, -0.1) is 0 Å². The fourth-order valence-corrected chi connectivity index (χ4v) is 1.36. The number of carbonyl (C=O) groups excluding carboxylic acids is 1. The Morgan fingerprint density at radius 3 is 2.75 bits per heavy atom. The number of anilines is 1. The lowest BCUT2D eigenvalue weighted by Crippen LogP contribution is -2.18. The first kappa shape index (κ1) is 12.5. The van der Waals surface area contributed by atoms with Gasteiger partial charge in [0.1, 0.15) is 6.61 Å². The number of hydrogen-bond donors (Lipinski definition) is 2. The van der Waals surface area contributed by atoms with Crippen LogP contribution in [0.25, 0.3) is 0 Å². The van der Waals surface area contributed by atoms with Gasteiger partial charge in [-0.1, -0.05) is 6.92 Å². The molecule has 0 spiro atoms. The second-order valence-electron chi connectivity index (χ2n) is 3.63. The van der Waals surface area contributed by atoms with Crippen LogP contribution < -0.4 is 5.73 Å². The Bertz CT molecular complexity index is 385. The normalized spacial score (nSPS) is 12.5. The van der Waals surface area contributed by atoms with Crippen molar-refractivity contribution in [1.29, 1.82) is 0 Å². The van der Waals surface area contributed by atoms with Crippen LogP contribution in [0.5, 0.6) is 0 Å². The van der Waals surface area contributed by atoms with Crippen LogP contribution in [0, 0.1) is 0 Å². The maximum Gasteiger partial charge on any atom is 0.358 e. The monoisotopic (exact) mass is 227 g/mol. The molecule has 0 aromatic carbocycles. The van der Waals surface area contributed by atoms with Gasteiger partial charge in [0, 0.05) is 7.05 Å². The first-order valence-electron chi connectivity index (χ1n) is 5.13. The van der Waals surface area contributed by atoms with Crippen molar-refractivity contribution < 1.29 is 14.6 Å². The number of ether oxygens (including phenoxy) is 1. The molecule has 1 aromatic rings. The van der Waals surface area contributed by atoms with Crippen LogP contribution in [0.3, 0.4) is 0 Å². The summed E-state index contributed by atoms with van der Waals surface area (Å²) < 4.78 is 6.28. The average Bonchev–Trinajstić information content (AvgIpc) is 2.50. The Morgan fingerprint density at radius 1 is 1.69 bits per heavy atom. The van der Waals surface area contributed by atoms with Crippen molar-refractivity contribution in [3.05, 3.63) is 11.4 Å². The maximum atomic E-state index is 11.6. The van der Waals surface area contributed by atoms with E-state index in [1.807, 2.05) is 6.92 Å². The molecule has 0 radical (unpaired) electrons. The molecule has 0 aliphatic rings. The standard InChI is InChI=1S/C10H17N3O3/c1-4-7-8(11)9(13(3)12-7)10(15)16-5-6(2)14/h6,14H,4-5,11H2,1-3H3. The number of aliphatic hydroxyl groups excluding tert-OH is 1. The van der Waals surface area contributed by atoms with E-state index in [-0.39, 0.29) is 12.3 Å². The number of aryl methyl sites for hydroxylation is 2. The van der Waals surface area contributed by atoms with E-state index in [1.54, 1.807) is 7.05 Å². The van der Waals surface area contributed by atoms with Gasteiger partial charge in [-0.25, -0.2) is 4.79 Å². The average molecular weight is 227 g/mol. The molecule has 1 heterocycles. The van der Waals surface area contributed by atoms with E-state index in [0.717, 1.165) is 0 Å². The van der Waals surface area contributed by atoms with Gasteiger partial charge < -0.3 is 15.6 Å². The molecule has 1 unspecified atom stereocenters. The third-order valence-corrected chi connectivity index (χ3v) is 2.14. The van der Waals surface area contributed by atoms with Crippen LogP contribution in [0.15, 0.2) is 0 Å². The quantitative estimate of drug-likeness (QED) is 0.712. The third-order valence-electron chi connectivity index (χ3n) is 2.14. The molecule has 0 fully saturated rings. The maximum absolute atomic E-state index is 11.6. The lowest BCUT2D eigenvalue weighted by Gasteiger charge is -2.07. The van der Waals surface area contributed by atoms with Gasteiger partial charge in [-0.3, -0.25) is 4.68 Å². The Morgan fingerprint density at radius 2 is 2.31 bits per heavy atom. The van der Waals surface area contributed by atoms with Crippen LogP contribution in [0.1, 0.15) is 30.0 Å². The van der Waals surface area contributed by atoms with E-state index in [9.17, 15) is 4.79 Å². The number of rotatable bonds is 4. The largest absolute Gasteiger partial charge is 0.458 e. The van der Waals surface area contributed by atoms with Crippen molar-refractivity contribution in [2.24, 2.45) is 7.05 Å². The number of aliphatic hydroxyl groups is 1. The van der Waals surface area contributed by atoms with Crippen molar-refractivity contribution >= 4 is 11.7 Å². The van der Waals surface area contributed by atoms with Crippen LogP contribution in [0.4, 0.5) is 5.69 Å². The van der Waals surface area contributed by atoms with E-state index < -0.39 is 12.1 Å². The zero-order valence-electron chi connectivity index (χ0n) is 9.73. The predicted molar refractivity (Wildman–Crippen MR) is 59.0 cm³/mol. The number of nitrogen functional groups attached to an aromatic ring is 1. The van der Waals surface area contributed by atoms with Gasteiger partial charge >= 0.3 is 5.97 Å². The van der Waals surface area contributed by atoms with Crippen LogP contribution in [-0.4, -0.2) is 33.6 Å². The summed E-state index contributed by atoms with van der Waals surface area (Å²) in [5.74, 6) is -0.562. The molecule has 1 aromatic heterocycles.